The molecule has 3 rings (SSSR count). The van der Waals surface area contributed by atoms with Gasteiger partial charge in [0.15, 0.2) is 0 Å². The summed E-state index contributed by atoms with van der Waals surface area (Å²) in [5.74, 6) is -2.97. The zero-order chi connectivity index (χ0) is 20.3. The molecule has 0 bridgehead atoms. The van der Waals surface area contributed by atoms with Gasteiger partial charge in [0.05, 0.1) is 11.6 Å². The van der Waals surface area contributed by atoms with E-state index >= 15 is 0 Å². The fourth-order valence-corrected chi connectivity index (χ4v) is 2.53. The van der Waals surface area contributed by atoms with Gasteiger partial charge in [0.2, 0.25) is 0 Å². The van der Waals surface area contributed by atoms with E-state index in [9.17, 15) is 14.0 Å². The van der Waals surface area contributed by atoms with E-state index in [-0.39, 0.29) is 17.7 Å². The number of cyclic esters (lactones) is 2. The third kappa shape index (κ3) is 4.35. The van der Waals surface area contributed by atoms with Crippen LogP contribution in [0.2, 0.25) is 0 Å². The van der Waals surface area contributed by atoms with E-state index in [2.05, 4.69) is 0 Å². The zero-order valence-corrected chi connectivity index (χ0v) is 15.2. The Labute approximate surface area is 160 Å². The molecule has 0 radical (unpaired) electrons. The first-order chi connectivity index (χ1) is 13.3. The van der Waals surface area contributed by atoms with Crippen LogP contribution in [0.25, 0.3) is 6.08 Å². The molecule has 1 fully saturated rings. The Morgan fingerprint density at radius 1 is 1.14 bits per heavy atom. The Bertz CT molecular complexity index is 998. The zero-order valence-electron chi connectivity index (χ0n) is 15.2. The van der Waals surface area contributed by atoms with Crippen LogP contribution in [-0.4, -0.2) is 17.7 Å². The van der Waals surface area contributed by atoms with Crippen molar-refractivity contribution in [2.75, 3.05) is 0 Å². The highest BCUT2D eigenvalue weighted by atomic mass is 19.1. The summed E-state index contributed by atoms with van der Waals surface area (Å²) in [6.07, 6.45) is 1.34. The van der Waals surface area contributed by atoms with Crippen LogP contribution >= 0.6 is 0 Å². The lowest BCUT2D eigenvalue weighted by atomic mass is 10.1. The van der Waals surface area contributed by atoms with Crippen molar-refractivity contribution >= 4 is 18.0 Å². The average Bonchev–Trinajstić information content (AvgIpc) is 2.63. The van der Waals surface area contributed by atoms with Crippen molar-refractivity contribution in [1.29, 1.82) is 5.26 Å². The van der Waals surface area contributed by atoms with Crippen LogP contribution in [0.3, 0.4) is 0 Å². The molecule has 0 atom stereocenters. The molecular weight excluding hydrogens is 365 g/mol. The monoisotopic (exact) mass is 381 g/mol. The number of nitrogens with zero attached hydrogens (tertiary/aromatic N) is 1. The molecule has 2 aromatic rings. The van der Waals surface area contributed by atoms with Gasteiger partial charge in [0.1, 0.15) is 23.7 Å². The number of carbonyl (C=O) groups excluding carboxylic acids is 2. The molecule has 0 N–H and O–H groups in total. The Morgan fingerprint density at radius 3 is 2.50 bits per heavy atom. The van der Waals surface area contributed by atoms with Gasteiger partial charge < -0.3 is 14.2 Å². The lowest BCUT2D eigenvalue weighted by Gasteiger charge is -2.29. The quantitative estimate of drug-likeness (QED) is 0.458. The minimum absolute atomic E-state index is 0.0458. The van der Waals surface area contributed by atoms with Crippen LogP contribution in [0.1, 0.15) is 30.5 Å². The van der Waals surface area contributed by atoms with Gasteiger partial charge >= 0.3 is 11.9 Å². The molecule has 6 nitrogen and oxygen atoms in total. The third-order valence-electron chi connectivity index (χ3n) is 3.86. The topological polar surface area (TPSA) is 85.6 Å². The van der Waals surface area contributed by atoms with Gasteiger partial charge in [-0.05, 0) is 35.9 Å². The fourth-order valence-electron chi connectivity index (χ4n) is 2.53. The molecule has 0 unspecified atom stereocenters. The normalized spacial score (nSPS) is 15.3. The highest BCUT2D eigenvalue weighted by molar-refractivity contribution is 6.18. The molecule has 28 heavy (non-hydrogen) atoms. The van der Waals surface area contributed by atoms with Crippen LogP contribution in [-0.2, 0) is 25.7 Å². The Hall–Kier alpha value is -3.66. The highest BCUT2D eigenvalue weighted by Gasteiger charge is 2.38. The minimum Gasteiger partial charge on any atom is -0.489 e. The lowest BCUT2D eigenvalue weighted by molar-refractivity contribution is -0.222. The molecule has 0 amide bonds. The first-order valence-corrected chi connectivity index (χ1v) is 8.37. The maximum Gasteiger partial charge on any atom is 0.348 e. The molecule has 0 saturated carbocycles. The van der Waals surface area contributed by atoms with E-state index in [0.717, 1.165) is 6.07 Å². The second-order valence-corrected chi connectivity index (χ2v) is 6.52. The third-order valence-corrected chi connectivity index (χ3v) is 3.86. The van der Waals surface area contributed by atoms with Gasteiger partial charge in [-0.25, -0.2) is 14.0 Å². The number of rotatable bonds is 4. The predicted octanol–water partition coefficient (Wildman–Crippen LogP) is 3.50. The minimum atomic E-state index is -1.30. The summed E-state index contributed by atoms with van der Waals surface area (Å²) in [5.41, 5.74) is 0.810. The van der Waals surface area contributed by atoms with Crippen molar-refractivity contribution in [2.24, 2.45) is 0 Å². The van der Waals surface area contributed by atoms with Crippen LogP contribution in [0.4, 0.5) is 4.39 Å². The van der Waals surface area contributed by atoms with Gasteiger partial charge in [0.25, 0.3) is 5.79 Å². The number of halogens is 1. The SMILES string of the molecule is CC1(C)OC(=O)C(=Cc2cccc(OCc3ccc(C#N)cc3F)c2)C(=O)O1. The molecule has 0 aliphatic carbocycles. The molecule has 1 heterocycles. The summed E-state index contributed by atoms with van der Waals surface area (Å²) in [7, 11) is 0. The number of nitriles is 1. The Morgan fingerprint density at radius 2 is 1.86 bits per heavy atom. The van der Waals surface area contributed by atoms with E-state index in [1.54, 1.807) is 24.3 Å². The second kappa shape index (κ2) is 7.53. The molecule has 142 valence electrons. The Kier molecular flexibility index (Phi) is 5.14. The number of benzene rings is 2. The second-order valence-electron chi connectivity index (χ2n) is 6.52. The summed E-state index contributed by atoms with van der Waals surface area (Å²) in [4.78, 5) is 24.0. The van der Waals surface area contributed by atoms with E-state index in [1.165, 1.54) is 32.1 Å². The number of hydrogen-bond acceptors (Lipinski definition) is 6. The van der Waals surface area contributed by atoms with E-state index in [0.29, 0.717) is 16.9 Å². The standard InChI is InChI=1S/C21H16FNO5/c1-21(2)27-19(24)17(20(25)28-21)9-13-4-3-5-16(8-13)26-12-15-7-6-14(11-23)10-18(15)22/h3-10H,12H2,1-2H3. The van der Waals surface area contributed by atoms with Crippen molar-refractivity contribution in [1.82, 2.24) is 0 Å². The summed E-state index contributed by atoms with van der Waals surface area (Å²) in [6, 6.07) is 12.6. The average molecular weight is 381 g/mol. The van der Waals surface area contributed by atoms with Crippen molar-refractivity contribution < 1.29 is 28.2 Å². The number of ether oxygens (including phenoxy) is 3. The first kappa shape index (κ1) is 19.1. The van der Waals surface area contributed by atoms with Gasteiger partial charge in [-0.15, -0.1) is 0 Å². The largest absolute Gasteiger partial charge is 0.489 e. The number of carbonyl (C=O) groups is 2. The van der Waals surface area contributed by atoms with Gasteiger partial charge in [-0.3, -0.25) is 0 Å². The molecular formula is C21H16FNO5. The molecule has 7 heteroatoms. The van der Waals surface area contributed by atoms with E-state index < -0.39 is 23.5 Å². The first-order valence-electron chi connectivity index (χ1n) is 8.37. The van der Waals surface area contributed by atoms with Crippen molar-refractivity contribution in [3.63, 3.8) is 0 Å². The van der Waals surface area contributed by atoms with Gasteiger partial charge in [-0.2, -0.15) is 5.26 Å². The van der Waals surface area contributed by atoms with Crippen molar-refractivity contribution in [2.45, 2.75) is 26.2 Å². The summed E-state index contributed by atoms with van der Waals surface area (Å²) in [5, 5.41) is 8.77. The van der Waals surface area contributed by atoms with Crippen molar-refractivity contribution in [3.05, 3.63) is 70.5 Å². The Balaban J connectivity index is 1.75. The van der Waals surface area contributed by atoms with Crippen LogP contribution in [0, 0.1) is 17.1 Å². The smallest absolute Gasteiger partial charge is 0.348 e. The summed E-state index contributed by atoms with van der Waals surface area (Å²) >= 11 is 0. The number of hydrogen-bond donors (Lipinski definition) is 0. The number of esters is 2. The van der Waals surface area contributed by atoms with Gasteiger partial charge in [-0.1, -0.05) is 18.2 Å². The molecule has 1 saturated heterocycles. The highest BCUT2D eigenvalue weighted by Crippen LogP contribution is 2.25. The maximum absolute atomic E-state index is 13.9. The van der Waals surface area contributed by atoms with E-state index in [4.69, 9.17) is 19.5 Å². The van der Waals surface area contributed by atoms with Crippen LogP contribution in [0.5, 0.6) is 5.75 Å². The van der Waals surface area contributed by atoms with E-state index in [1.807, 2.05) is 6.07 Å². The maximum atomic E-state index is 13.9. The van der Waals surface area contributed by atoms with Crippen LogP contribution < -0.4 is 4.74 Å². The summed E-state index contributed by atoms with van der Waals surface area (Å²) in [6.45, 7) is 2.89. The molecule has 1 aliphatic heterocycles. The fraction of sp³-hybridized carbons (Fsp3) is 0.190. The predicted molar refractivity (Wildman–Crippen MR) is 96.1 cm³/mol. The molecule has 0 spiro atoms. The summed E-state index contributed by atoms with van der Waals surface area (Å²) < 4.78 is 29.6. The van der Waals surface area contributed by atoms with Crippen LogP contribution in [0.15, 0.2) is 48.0 Å². The molecule has 0 aromatic heterocycles. The van der Waals surface area contributed by atoms with Gasteiger partial charge in [0, 0.05) is 19.4 Å². The lowest BCUT2D eigenvalue weighted by Crippen LogP contribution is -2.41. The van der Waals surface area contributed by atoms with Crippen molar-refractivity contribution in [3.8, 4) is 11.8 Å². The molecule has 2 aromatic carbocycles. The molecule has 1 aliphatic rings.